The number of phenolic OH excluding ortho intramolecular Hbond substituents is 2. The fourth-order valence-corrected chi connectivity index (χ4v) is 3.39. The summed E-state index contributed by atoms with van der Waals surface area (Å²) < 4.78 is 32.8. The summed E-state index contributed by atoms with van der Waals surface area (Å²) in [5, 5.41) is 21.4. The van der Waals surface area contributed by atoms with Crippen LogP contribution in [-0.4, -0.2) is 32.7 Å². The number of aromatic hydroxyl groups is 2. The number of benzene rings is 2. The average Bonchev–Trinajstić information content (AvgIpc) is 3.09. The Morgan fingerprint density at radius 1 is 0.931 bits per heavy atom. The second kappa shape index (κ2) is 8.64. The van der Waals surface area contributed by atoms with Crippen LogP contribution >= 0.6 is 0 Å². The lowest BCUT2D eigenvalue weighted by molar-refractivity contribution is -0.376. The van der Waals surface area contributed by atoms with Crippen LogP contribution in [0.5, 0.6) is 11.5 Å². The highest BCUT2D eigenvalue weighted by atomic mass is 32.3. The Morgan fingerprint density at radius 2 is 1.34 bits per heavy atom. The van der Waals surface area contributed by atoms with E-state index in [1.165, 1.54) is 0 Å². The molecule has 0 aliphatic rings. The van der Waals surface area contributed by atoms with Crippen LogP contribution in [0.15, 0.2) is 36.8 Å². The third-order valence-corrected chi connectivity index (χ3v) is 4.44. The average molecular weight is 420 g/mol. The van der Waals surface area contributed by atoms with Crippen molar-refractivity contribution in [2.45, 2.75) is 33.6 Å². The molecule has 1 heterocycles. The maximum Gasteiger partial charge on any atom is 0.239 e. The quantitative estimate of drug-likeness (QED) is 0.378. The van der Waals surface area contributed by atoms with Crippen molar-refractivity contribution >= 4 is 10.4 Å². The Hall–Kier alpha value is -2.88. The Labute approximate surface area is 169 Å². The van der Waals surface area contributed by atoms with Crippen LogP contribution in [0.3, 0.4) is 0 Å². The van der Waals surface area contributed by atoms with Crippen LogP contribution in [0.25, 0.3) is 0 Å². The smallest absolute Gasteiger partial charge is 0.239 e. The van der Waals surface area contributed by atoms with Gasteiger partial charge in [-0.3, -0.25) is 9.54 Å². The minimum Gasteiger partial charge on any atom is -0.726 e. The molecule has 3 rings (SSSR count). The van der Waals surface area contributed by atoms with E-state index in [4.69, 9.17) is 17.5 Å². The molecule has 1 aromatic heterocycles. The van der Waals surface area contributed by atoms with Crippen molar-refractivity contribution in [3.8, 4) is 11.5 Å². The highest BCUT2D eigenvalue weighted by Crippen LogP contribution is 2.42. The maximum absolute atomic E-state index is 10.7. The number of aryl methyl sites for hydroxylation is 4. The van der Waals surface area contributed by atoms with Gasteiger partial charge in [0.25, 0.3) is 0 Å². The maximum atomic E-state index is 10.7. The third kappa shape index (κ3) is 5.80. The van der Waals surface area contributed by atoms with Gasteiger partial charge in [-0.25, -0.2) is 13.4 Å². The number of hydrogen-bond donors (Lipinski definition) is 4. The molecule has 0 aliphatic carbocycles. The number of nitrogens with one attached hydrogen (secondary N) is 2. The number of aromatic nitrogens is 2. The Kier molecular flexibility index (Phi) is 6.68. The van der Waals surface area contributed by atoms with Crippen molar-refractivity contribution in [2.24, 2.45) is 0 Å². The monoisotopic (exact) mass is 420 g/mol. The van der Waals surface area contributed by atoms with E-state index in [0.29, 0.717) is 0 Å². The van der Waals surface area contributed by atoms with Crippen LogP contribution in [0.1, 0.15) is 45.0 Å². The van der Waals surface area contributed by atoms with E-state index < -0.39 is 10.4 Å². The lowest BCUT2D eigenvalue weighted by Crippen LogP contribution is -2.07. The Morgan fingerprint density at radius 3 is 1.69 bits per heavy atom. The highest BCUT2D eigenvalue weighted by molar-refractivity contribution is 7.79. The minimum absolute atomic E-state index is 0.263. The van der Waals surface area contributed by atoms with Crippen LogP contribution < -0.4 is 4.98 Å². The fourth-order valence-electron chi connectivity index (χ4n) is 3.39. The molecule has 8 nitrogen and oxygen atoms in total. The summed E-state index contributed by atoms with van der Waals surface area (Å²) in [5.74, 6) is 0.242. The molecule has 0 saturated carbocycles. The predicted octanol–water partition coefficient (Wildman–Crippen LogP) is 2.66. The first-order valence-corrected chi connectivity index (χ1v) is 10.1. The molecule has 0 unspecified atom stereocenters. The fraction of sp³-hybridized carbons (Fsp3) is 0.250. The second-order valence-electron chi connectivity index (χ2n) is 6.96. The normalized spacial score (nSPS) is 11.3. The highest BCUT2D eigenvalue weighted by Gasteiger charge is 2.28. The van der Waals surface area contributed by atoms with Gasteiger partial charge in [0.2, 0.25) is 16.7 Å². The van der Waals surface area contributed by atoms with E-state index in [0.717, 1.165) is 39.1 Å². The zero-order valence-electron chi connectivity index (χ0n) is 16.5. The van der Waals surface area contributed by atoms with E-state index in [1.807, 2.05) is 58.2 Å². The minimum atomic E-state index is -4.92. The second-order valence-corrected chi connectivity index (χ2v) is 7.81. The molecule has 0 radical (unpaired) electrons. The lowest BCUT2D eigenvalue weighted by Gasteiger charge is -2.20. The van der Waals surface area contributed by atoms with E-state index >= 15 is 0 Å². The van der Waals surface area contributed by atoms with Crippen molar-refractivity contribution in [2.75, 3.05) is 0 Å². The largest absolute Gasteiger partial charge is 0.726 e. The zero-order valence-corrected chi connectivity index (χ0v) is 17.3. The summed E-state index contributed by atoms with van der Waals surface area (Å²) in [4.78, 5) is 6.22. The van der Waals surface area contributed by atoms with Gasteiger partial charge in [-0.05, 0) is 38.8 Å². The molecule has 9 heteroatoms. The Bertz CT molecular complexity index is 1040. The molecule has 0 spiro atoms. The standard InChI is InChI=1S/C20H22N2O2.H2O4S/c1-11-5-13(3)19(23)15(7-11)18(17-9-21-10-22-17)16-8-12(2)6-14(4)20(16)24;1-5(2,3)4/h5-10,18,23-24H,1-4H3,(H,21,22);(H2,1,2,3,4). The first-order chi connectivity index (χ1) is 13.4. The SMILES string of the molecule is Cc1cc(C)c(O)c(C(c2c[nH+]c[nH]2)c2cc(C)cc(C)c2O)c1.O=S(=O)([O-])O. The van der Waals surface area contributed by atoms with Crippen molar-refractivity contribution in [1.82, 2.24) is 4.98 Å². The topological polar surface area (TPSA) is 148 Å². The van der Waals surface area contributed by atoms with Crippen LogP contribution in [0, 0.1) is 27.7 Å². The lowest BCUT2D eigenvalue weighted by atomic mass is 9.84. The Balaban J connectivity index is 0.000000537. The molecule has 0 atom stereocenters. The van der Waals surface area contributed by atoms with Gasteiger partial charge < -0.3 is 14.8 Å². The van der Waals surface area contributed by atoms with Gasteiger partial charge in [0.15, 0.2) is 5.69 Å². The van der Waals surface area contributed by atoms with E-state index in [9.17, 15) is 10.2 Å². The number of H-pyrrole nitrogens is 2. The first-order valence-electron chi connectivity index (χ1n) is 8.71. The van der Waals surface area contributed by atoms with E-state index in [1.54, 1.807) is 6.33 Å². The summed E-state index contributed by atoms with van der Waals surface area (Å²) in [5.41, 5.74) is 6.25. The third-order valence-electron chi connectivity index (χ3n) is 4.44. The molecular weight excluding hydrogens is 396 g/mol. The summed E-state index contributed by atoms with van der Waals surface area (Å²) in [7, 11) is -4.92. The summed E-state index contributed by atoms with van der Waals surface area (Å²) in [6.45, 7) is 7.81. The van der Waals surface area contributed by atoms with Crippen molar-refractivity contribution in [3.05, 3.63) is 75.9 Å². The molecule has 3 aromatic rings. The molecule has 0 aliphatic heterocycles. The molecule has 0 bridgehead atoms. The summed E-state index contributed by atoms with van der Waals surface area (Å²) in [6.07, 6.45) is 3.60. The van der Waals surface area contributed by atoms with Gasteiger partial charge in [-0.2, -0.15) is 0 Å². The summed E-state index contributed by atoms with van der Waals surface area (Å²) >= 11 is 0. The molecule has 5 N–H and O–H groups in total. The molecule has 0 saturated heterocycles. The molecule has 29 heavy (non-hydrogen) atoms. The van der Waals surface area contributed by atoms with Crippen LogP contribution in [0.2, 0.25) is 0 Å². The zero-order chi connectivity index (χ0) is 21.9. The number of phenols is 2. The van der Waals surface area contributed by atoms with Gasteiger partial charge in [0, 0.05) is 11.1 Å². The summed E-state index contributed by atoms with van der Waals surface area (Å²) in [6, 6.07) is 7.87. The van der Waals surface area contributed by atoms with Gasteiger partial charge in [-0.1, -0.05) is 35.4 Å². The van der Waals surface area contributed by atoms with Gasteiger partial charge in [-0.15, -0.1) is 0 Å². The number of aromatic amines is 2. The van der Waals surface area contributed by atoms with Crippen molar-refractivity contribution in [3.63, 3.8) is 0 Å². The van der Waals surface area contributed by atoms with Crippen LogP contribution in [0.4, 0.5) is 0 Å². The molecule has 2 aromatic carbocycles. The van der Waals surface area contributed by atoms with Crippen molar-refractivity contribution < 1.29 is 32.7 Å². The molecule has 0 amide bonds. The van der Waals surface area contributed by atoms with Gasteiger partial charge >= 0.3 is 0 Å². The molecule has 156 valence electrons. The van der Waals surface area contributed by atoms with E-state index in [-0.39, 0.29) is 17.4 Å². The first kappa shape index (κ1) is 22.4. The van der Waals surface area contributed by atoms with Gasteiger partial charge in [0.05, 0.1) is 5.92 Å². The van der Waals surface area contributed by atoms with Crippen molar-refractivity contribution in [1.29, 1.82) is 0 Å². The molecular formula is C20H24N2O6S. The van der Waals surface area contributed by atoms with Crippen LogP contribution in [-0.2, 0) is 10.4 Å². The number of rotatable bonds is 3. The number of hydrogen-bond acceptors (Lipinski definition) is 5. The molecule has 0 fully saturated rings. The predicted molar refractivity (Wildman–Crippen MR) is 106 cm³/mol. The van der Waals surface area contributed by atoms with Gasteiger partial charge in [0.1, 0.15) is 17.7 Å². The van der Waals surface area contributed by atoms with E-state index in [2.05, 4.69) is 9.97 Å². The number of imidazole rings is 1.